The third kappa shape index (κ3) is 2.94. The van der Waals surface area contributed by atoms with Gasteiger partial charge in [-0.25, -0.2) is 4.98 Å². The highest BCUT2D eigenvalue weighted by Gasteiger charge is 2.10. The van der Waals surface area contributed by atoms with Gasteiger partial charge in [0.05, 0.1) is 22.4 Å². The summed E-state index contributed by atoms with van der Waals surface area (Å²) < 4.78 is 0.735. The van der Waals surface area contributed by atoms with Crippen LogP contribution in [0.4, 0.5) is 5.69 Å². The van der Waals surface area contributed by atoms with Crippen molar-refractivity contribution in [1.82, 2.24) is 4.98 Å². The van der Waals surface area contributed by atoms with E-state index in [0.29, 0.717) is 5.15 Å². The number of pyridine rings is 1. The van der Waals surface area contributed by atoms with Crippen LogP contribution in [-0.4, -0.2) is 10.1 Å². The van der Waals surface area contributed by atoms with Crippen LogP contribution in [0, 0.1) is 0 Å². The molecule has 1 unspecified atom stereocenters. The van der Waals surface area contributed by atoms with E-state index in [2.05, 4.69) is 26.2 Å². The van der Waals surface area contributed by atoms with Crippen molar-refractivity contribution in [2.24, 2.45) is 0 Å². The summed E-state index contributed by atoms with van der Waals surface area (Å²) in [6.45, 7) is 1.97. The molecule has 0 aliphatic carbocycles. The quantitative estimate of drug-likeness (QED) is 0.823. The number of hydrogen-bond acceptors (Lipinski definition) is 3. The van der Waals surface area contributed by atoms with Gasteiger partial charge in [-0.05, 0) is 35.0 Å². The van der Waals surface area contributed by atoms with E-state index in [1.165, 1.54) is 0 Å². The molecule has 18 heavy (non-hydrogen) atoms. The highest BCUT2D eigenvalue weighted by atomic mass is 79.9. The maximum absolute atomic E-state index is 9.77. The summed E-state index contributed by atoms with van der Waals surface area (Å²) >= 11 is 9.16. The first-order chi connectivity index (χ1) is 8.58. The van der Waals surface area contributed by atoms with E-state index in [0.717, 1.165) is 15.7 Å². The van der Waals surface area contributed by atoms with Crippen molar-refractivity contribution in [2.75, 3.05) is 5.32 Å². The molecule has 0 fully saturated rings. The smallest absolute Gasteiger partial charge is 0.143 e. The van der Waals surface area contributed by atoms with Crippen LogP contribution in [-0.2, 0) is 0 Å². The first-order valence-corrected chi connectivity index (χ1v) is 6.60. The number of nitrogens with zero attached hydrogens (tertiary/aromatic N) is 1. The largest absolute Gasteiger partial charge is 0.508 e. The molecule has 0 bridgehead atoms. The van der Waals surface area contributed by atoms with Gasteiger partial charge in [0.25, 0.3) is 0 Å². The Morgan fingerprint density at radius 3 is 2.78 bits per heavy atom. The fourth-order valence-electron chi connectivity index (χ4n) is 1.68. The number of aromatic hydroxyl groups is 1. The lowest BCUT2D eigenvalue weighted by molar-refractivity contribution is 0.465. The highest BCUT2D eigenvalue weighted by Crippen LogP contribution is 2.28. The number of halogens is 2. The molecule has 2 rings (SSSR count). The first kappa shape index (κ1) is 13.2. The molecule has 2 N–H and O–H groups in total. The molecule has 0 amide bonds. The fourth-order valence-corrected chi connectivity index (χ4v) is 2.13. The number of rotatable bonds is 3. The topological polar surface area (TPSA) is 45.2 Å². The Balaban J connectivity index is 2.19. The van der Waals surface area contributed by atoms with E-state index >= 15 is 0 Å². The van der Waals surface area contributed by atoms with Gasteiger partial charge in [-0.1, -0.05) is 29.8 Å². The molecular weight excluding hydrogens is 316 g/mol. The van der Waals surface area contributed by atoms with Gasteiger partial charge < -0.3 is 10.4 Å². The summed E-state index contributed by atoms with van der Waals surface area (Å²) in [5.74, 6) is 0.276. The molecule has 5 heteroatoms. The maximum Gasteiger partial charge on any atom is 0.143 e. The van der Waals surface area contributed by atoms with Crippen LogP contribution in [0.3, 0.4) is 0 Å². The van der Waals surface area contributed by atoms with Crippen molar-refractivity contribution in [2.45, 2.75) is 13.0 Å². The lowest BCUT2D eigenvalue weighted by Crippen LogP contribution is -2.07. The maximum atomic E-state index is 9.77. The Morgan fingerprint density at radius 1 is 1.39 bits per heavy atom. The standard InChI is InChI=1S/C13H12BrClN2O/c1-8(10-4-2-3-5-12(10)18)17-9-6-11(14)13(15)16-7-9/h2-8,17-18H,1H3. The van der Waals surface area contributed by atoms with Crippen LogP contribution in [0.25, 0.3) is 0 Å². The molecule has 0 aliphatic heterocycles. The number of para-hydroxylation sites is 1. The van der Waals surface area contributed by atoms with Crippen LogP contribution in [0.5, 0.6) is 5.75 Å². The number of benzene rings is 1. The Bertz CT molecular complexity index is 562. The van der Waals surface area contributed by atoms with E-state index in [4.69, 9.17) is 11.6 Å². The Hall–Kier alpha value is -1.26. The lowest BCUT2D eigenvalue weighted by Gasteiger charge is -2.16. The average Bonchev–Trinajstić information content (AvgIpc) is 2.34. The van der Waals surface area contributed by atoms with Crippen LogP contribution in [0.2, 0.25) is 5.15 Å². The zero-order valence-corrected chi connectivity index (χ0v) is 12.0. The van der Waals surface area contributed by atoms with E-state index in [9.17, 15) is 5.11 Å². The van der Waals surface area contributed by atoms with Gasteiger partial charge in [-0.3, -0.25) is 0 Å². The van der Waals surface area contributed by atoms with E-state index in [-0.39, 0.29) is 11.8 Å². The summed E-state index contributed by atoms with van der Waals surface area (Å²) in [5, 5.41) is 13.5. The molecule has 3 nitrogen and oxygen atoms in total. The Labute approximate surface area is 119 Å². The molecule has 1 aromatic heterocycles. The van der Waals surface area contributed by atoms with Gasteiger partial charge >= 0.3 is 0 Å². The third-order valence-electron chi connectivity index (χ3n) is 2.58. The molecule has 0 saturated heterocycles. The van der Waals surface area contributed by atoms with Crippen LogP contribution in [0.1, 0.15) is 18.5 Å². The number of phenols is 1. The molecule has 1 atom stereocenters. The SMILES string of the molecule is CC(Nc1cnc(Cl)c(Br)c1)c1ccccc1O. The summed E-state index contributed by atoms with van der Waals surface area (Å²) in [6, 6.07) is 9.07. The van der Waals surface area contributed by atoms with Crippen molar-refractivity contribution >= 4 is 33.2 Å². The second-order valence-corrected chi connectivity index (χ2v) is 5.13. The molecule has 0 radical (unpaired) electrons. The monoisotopic (exact) mass is 326 g/mol. The number of aromatic nitrogens is 1. The molecule has 0 spiro atoms. The lowest BCUT2D eigenvalue weighted by atomic mass is 10.1. The van der Waals surface area contributed by atoms with Gasteiger partial charge in [0.1, 0.15) is 10.9 Å². The zero-order valence-electron chi connectivity index (χ0n) is 9.69. The molecule has 0 saturated carbocycles. The molecule has 94 valence electrons. The Kier molecular flexibility index (Phi) is 4.09. The predicted octanol–water partition coefficient (Wildman–Crippen LogP) is 4.38. The first-order valence-electron chi connectivity index (χ1n) is 5.43. The summed E-state index contributed by atoms with van der Waals surface area (Å²) in [4.78, 5) is 4.04. The summed E-state index contributed by atoms with van der Waals surface area (Å²) in [7, 11) is 0. The number of anilines is 1. The van der Waals surface area contributed by atoms with Crippen molar-refractivity contribution in [3.63, 3.8) is 0 Å². The molecule has 0 aliphatic rings. The van der Waals surface area contributed by atoms with Gasteiger partial charge in [0.15, 0.2) is 0 Å². The number of nitrogens with one attached hydrogen (secondary N) is 1. The zero-order chi connectivity index (χ0) is 13.1. The average molecular weight is 328 g/mol. The minimum absolute atomic E-state index is 0.0268. The molecule has 1 heterocycles. The highest BCUT2D eigenvalue weighted by molar-refractivity contribution is 9.10. The van der Waals surface area contributed by atoms with Gasteiger partial charge in [-0.2, -0.15) is 0 Å². The molecular formula is C13H12BrClN2O. The fraction of sp³-hybridized carbons (Fsp3) is 0.154. The minimum atomic E-state index is -0.0268. The summed E-state index contributed by atoms with van der Waals surface area (Å²) in [6.07, 6.45) is 1.66. The van der Waals surface area contributed by atoms with Gasteiger partial charge in [0, 0.05) is 5.56 Å². The van der Waals surface area contributed by atoms with E-state index < -0.39 is 0 Å². The van der Waals surface area contributed by atoms with E-state index in [1.807, 2.05) is 25.1 Å². The van der Waals surface area contributed by atoms with Gasteiger partial charge in [-0.15, -0.1) is 0 Å². The van der Waals surface area contributed by atoms with Crippen LogP contribution < -0.4 is 5.32 Å². The second-order valence-electron chi connectivity index (χ2n) is 3.92. The van der Waals surface area contributed by atoms with Crippen LogP contribution in [0.15, 0.2) is 41.0 Å². The van der Waals surface area contributed by atoms with Crippen LogP contribution >= 0.6 is 27.5 Å². The normalized spacial score (nSPS) is 12.2. The number of hydrogen-bond donors (Lipinski definition) is 2. The van der Waals surface area contributed by atoms with Crippen molar-refractivity contribution in [1.29, 1.82) is 0 Å². The predicted molar refractivity (Wildman–Crippen MR) is 77.1 cm³/mol. The molecule has 2 aromatic rings. The number of phenolic OH excluding ortho intramolecular Hbond substituents is 1. The Morgan fingerprint density at radius 2 is 2.11 bits per heavy atom. The van der Waals surface area contributed by atoms with Gasteiger partial charge in [0.2, 0.25) is 0 Å². The van der Waals surface area contributed by atoms with Crippen molar-refractivity contribution in [3.05, 3.63) is 51.7 Å². The van der Waals surface area contributed by atoms with E-state index in [1.54, 1.807) is 18.3 Å². The van der Waals surface area contributed by atoms with Crippen molar-refractivity contribution < 1.29 is 5.11 Å². The van der Waals surface area contributed by atoms with Crippen molar-refractivity contribution in [3.8, 4) is 5.75 Å². The second kappa shape index (κ2) is 5.59. The third-order valence-corrected chi connectivity index (χ3v) is 3.72. The summed E-state index contributed by atoms with van der Waals surface area (Å²) in [5.41, 5.74) is 1.67. The minimum Gasteiger partial charge on any atom is -0.508 e. The molecule has 1 aromatic carbocycles.